The van der Waals surface area contributed by atoms with Crippen molar-refractivity contribution in [2.24, 2.45) is 5.92 Å². The molecule has 0 spiro atoms. The lowest BCUT2D eigenvalue weighted by atomic mass is 10.2. The van der Waals surface area contributed by atoms with Gasteiger partial charge in [0.15, 0.2) is 5.01 Å². The highest BCUT2D eigenvalue weighted by Crippen LogP contribution is 2.22. The third-order valence-corrected chi connectivity index (χ3v) is 4.59. The van der Waals surface area contributed by atoms with E-state index in [2.05, 4.69) is 23.8 Å². The van der Waals surface area contributed by atoms with E-state index in [1.54, 1.807) is 17.3 Å². The Balaban J connectivity index is 1.72. The molecule has 0 N–H and O–H groups in total. The molecule has 0 aliphatic carbocycles. The van der Waals surface area contributed by atoms with Crippen molar-refractivity contribution >= 4 is 33.4 Å². The van der Waals surface area contributed by atoms with E-state index in [-0.39, 0.29) is 18.4 Å². The largest absolute Gasteiger partial charge is 0.339 e. The van der Waals surface area contributed by atoms with Crippen LogP contribution in [0.15, 0.2) is 18.5 Å². The minimum Gasteiger partial charge on any atom is -0.339 e. The number of carbonyl (C=O) groups is 2. The van der Waals surface area contributed by atoms with E-state index >= 15 is 0 Å². The summed E-state index contributed by atoms with van der Waals surface area (Å²) < 4.78 is 0.933. The van der Waals surface area contributed by atoms with E-state index < -0.39 is 0 Å². The third kappa shape index (κ3) is 2.94. The molecule has 2 aromatic heterocycles. The third-order valence-electron chi connectivity index (χ3n) is 3.56. The van der Waals surface area contributed by atoms with Crippen molar-refractivity contribution in [3.8, 4) is 0 Å². The first kappa shape index (κ1) is 14.9. The van der Waals surface area contributed by atoms with Crippen LogP contribution in [0.25, 0.3) is 10.2 Å². The lowest BCUT2D eigenvalue weighted by Gasteiger charge is -2.34. The van der Waals surface area contributed by atoms with Gasteiger partial charge in [-0.1, -0.05) is 13.8 Å². The normalized spacial score (nSPS) is 15.9. The number of amides is 2. The Morgan fingerprint density at radius 3 is 2.91 bits per heavy atom. The van der Waals surface area contributed by atoms with Crippen LogP contribution >= 0.6 is 11.3 Å². The van der Waals surface area contributed by atoms with Gasteiger partial charge in [0.25, 0.3) is 5.91 Å². The maximum atomic E-state index is 12.5. The summed E-state index contributed by atoms with van der Waals surface area (Å²) in [6.45, 7) is 6.20. The second-order valence-corrected chi connectivity index (χ2v) is 6.85. The molecule has 0 radical (unpaired) electrons. The lowest BCUT2D eigenvalue weighted by molar-refractivity contribution is -0.135. The Labute approximate surface area is 132 Å². The number of hydrogen-bond donors (Lipinski definition) is 0. The van der Waals surface area contributed by atoms with E-state index in [9.17, 15) is 9.59 Å². The van der Waals surface area contributed by atoms with E-state index in [0.29, 0.717) is 24.0 Å². The van der Waals surface area contributed by atoms with E-state index in [1.165, 1.54) is 11.3 Å². The summed E-state index contributed by atoms with van der Waals surface area (Å²) in [7, 11) is 0. The molecular formula is C15H18N4O2S. The lowest BCUT2D eigenvalue weighted by Crippen LogP contribution is -2.53. The van der Waals surface area contributed by atoms with E-state index in [4.69, 9.17) is 0 Å². The summed E-state index contributed by atoms with van der Waals surface area (Å²) in [6, 6.07) is 1.84. The number of piperazine rings is 1. The van der Waals surface area contributed by atoms with Crippen LogP contribution in [0.1, 0.15) is 23.6 Å². The van der Waals surface area contributed by atoms with Gasteiger partial charge in [0, 0.05) is 25.8 Å². The maximum Gasteiger partial charge on any atom is 0.283 e. The number of thiazole rings is 1. The topological polar surface area (TPSA) is 66.4 Å². The fourth-order valence-corrected chi connectivity index (χ4v) is 3.42. The van der Waals surface area contributed by atoms with Gasteiger partial charge in [0.1, 0.15) is 12.1 Å². The smallest absolute Gasteiger partial charge is 0.283 e. The van der Waals surface area contributed by atoms with Crippen LogP contribution in [0.2, 0.25) is 0 Å². The molecule has 2 aromatic rings. The maximum absolute atomic E-state index is 12.5. The van der Waals surface area contributed by atoms with Crippen LogP contribution in [0.3, 0.4) is 0 Å². The zero-order chi connectivity index (χ0) is 15.7. The molecule has 0 saturated carbocycles. The van der Waals surface area contributed by atoms with Gasteiger partial charge in [-0.3, -0.25) is 14.6 Å². The first-order valence-electron chi connectivity index (χ1n) is 7.32. The number of hydrogen-bond acceptors (Lipinski definition) is 5. The molecule has 0 aromatic carbocycles. The van der Waals surface area contributed by atoms with Crippen molar-refractivity contribution < 1.29 is 9.59 Å². The summed E-state index contributed by atoms with van der Waals surface area (Å²) in [5, 5.41) is 0.424. The molecule has 2 amide bonds. The van der Waals surface area contributed by atoms with Crippen molar-refractivity contribution in [2.45, 2.75) is 13.8 Å². The van der Waals surface area contributed by atoms with Gasteiger partial charge in [-0.15, -0.1) is 11.3 Å². The molecule has 6 nitrogen and oxygen atoms in total. The van der Waals surface area contributed by atoms with E-state index in [0.717, 1.165) is 16.8 Å². The van der Waals surface area contributed by atoms with Crippen LogP contribution < -0.4 is 0 Å². The Kier molecular flexibility index (Phi) is 4.06. The van der Waals surface area contributed by atoms with Gasteiger partial charge in [-0.05, 0) is 12.0 Å². The van der Waals surface area contributed by atoms with Crippen molar-refractivity contribution in [2.75, 3.05) is 26.2 Å². The molecule has 22 heavy (non-hydrogen) atoms. The van der Waals surface area contributed by atoms with Gasteiger partial charge in [-0.2, -0.15) is 0 Å². The highest BCUT2D eigenvalue weighted by molar-refractivity contribution is 7.20. The molecule has 1 saturated heterocycles. The molecule has 1 aliphatic rings. The molecule has 1 aliphatic heterocycles. The average Bonchev–Trinajstić information content (AvgIpc) is 2.92. The summed E-state index contributed by atoms with van der Waals surface area (Å²) >= 11 is 1.34. The Hall–Kier alpha value is -2.02. The molecular weight excluding hydrogens is 300 g/mol. The van der Waals surface area contributed by atoms with Gasteiger partial charge in [0.2, 0.25) is 5.91 Å². The number of nitrogens with zero attached hydrogens (tertiary/aromatic N) is 4. The number of fused-ring (bicyclic) bond motifs is 1. The van der Waals surface area contributed by atoms with Crippen LogP contribution in [-0.4, -0.2) is 57.8 Å². The van der Waals surface area contributed by atoms with Crippen LogP contribution in [-0.2, 0) is 4.79 Å². The van der Waals surface area contributed by atoms with Crippen molar-refractivity contribution in [3.63, 3.8) is 0 Å². The molecule has 0 atom stereocenters. The second-order valence-electron chi connectivity index (χ2n) is 5.82. The minimum absolute atomic E-state index is 0.0103. The summed E-state index contributed by atoms with van der Waals surface area (Å²) in [5.41, 5.74) is 0.723. The van der Waals surface area contributed by atoms with Crippen molar-refractivity contribution in [1.29, 1.82) is 0 Å². The first-order chi connectivity index (χ1) is 10.5. The summed E-state index contributed by atoms with van der Waals surface area (Å²) in [6.07, 6.45) is 3.33. The minimum atomic E-state index is -0.168. The monoisotopic (exact) mass is 318 g/mol. The zero-order valence-electron chi connectivity index (χ0n) is 12.7. The van der Waals surface area contributed by atoms with Gasteiger partial charge >= 0.3 is 0 Å². The average molecular weight is 318 g/mol. The molecule has 116 valence electrons. The highest BCUT2D eigenvalue weighted by atomic mass is 32.1. The molecule has 3 heterocycles. The first-order valence-corrected chi connectivity index (χ1v) is 8.14. The van der Waals surface area contributed by atoms with Crippen LogP contribution in [0.5, 0.6) is 0 Å². The SMILES string of the molecule is CC(C)CN1CCN(C(=O)c2nc3cnccc3s2)CC1=O. The Morgan fingerprint density at radius 2 is 2.23 bits per heavy atom. The molecule has 3 rings (SSSR count). The number of aromatic nitrogens is 2. The summed E-state index contributed by atoms with van der Waals surface area (Å²) in [4.78, 5) is 36.4. The predicted molar refractivity (Wildman–Crippen MR) is 84.7 cm³/mol. The van der Waals surface area contributed by atoms with Crippen LogP contribution in [0, 0.1) is 5.92 Å². The van der Waals surface area contributed by atoms with Gasteiger partial charge in [0.05, 0.1) is 10.9 Å². The van der Waals surface area contributed by atoms with Gasteiger partial charge < -0.3 is 9.80 Å². The fraction of sp³-hybridized carbons (Fsp3) is 0.467. The number of pyridine rings is 1. The molecule has 7 heteroatoms. The van der Waals surface area contributed by atoms with E-state index in [1.807, 2.05) is 11.0 Å². The number of rotatable bonds is 3. The zero-order valence-corrected chi connectivity index (χ0v) is 13.5. The standard InChI is InChI=1S/C15H18N4O2S/c1-10(2)8-18-5-6-19(9-13(18)20)15(21)14-17-11-7-16-4-3-12(11)22-14/h3-4,7,10H,5-6,8-9H2,1-2H3. The predicted octanol–water partition coefficient (Wildman–Crippen LogP) is 1.63. The molecule has 0 unspecified atom stereocenters. The van der Waals surface area contributed by atoms with Crippen molar-refractivity contribution in [1.82, 2.24) is 19.8 Å². The number of carbonyl (C=O) groups excluding carboxylic acids is 2. The highest BCUT2D eigenvalue weighted by Gasteiger charge is 2.29. The fourth-order valence-electron chi connectivity index (χ4n) is 2.52. The molecule has 0 bridgehead atoms. The Morgan fingerprint density at radius 1 is 1.41 bits per heavy atom. The van der Waals surface area contributed by atoms with Crippen LogP contribution in [0.4, 0.5) is 0 Å². The second kappa shape index (κ2) is 6.00. The summed E-state index contributed by atoms with van der Waals surface area (Å²) in [5.74, 6) is 0.276. The van der Waals surface area contributed by atoms with Gasteiger partial charge in [-0.25, -0.2) is 4.98 Å². The molecule has 1 fully saturated rings. The quantitative estimate of drug-likeness (QED) is 0.863. The Bertz CT molecular complexity index is 679. The van der Waals surface area contributed by atoms with Crippen molar-refractivity contribution in [3.05, 3.63) is 23.5 Å².